The Balaban J connectivity index is 1.53. The Hall–Kier alpha value is -3.32. The standard InChI is InChI=1S/C25H25N3O3S/c1-16-10-11-19(13-17(16)2)18(3)26-23(29)15-32-25-27-22-9-5-4-8-21(22)24(30)28(25)14-20-7-6-12-31-20/h4-13,18H,14-15H2,1-3H3,(H,26,29). The number of furan rings is 1. The second-order valence-corrected chi connectivity index (χ2v) is 8.75. The molecule has 4 aromatic rings. The zero-order chi connectivity index (χ0) is 22.7. The van der Waals surface area contributed by atoms with Crippen molar-refractivity contribution < 1.29 is 9.21 Å². The number of hydrogen-bond donors (Lipinski definition) is 1. The van der Waals surface area contributed by atoms with Crippen LogP contribution in [0.1, 0.15) is 35.4 Å². The highest BCUT2D eigenvalue weighted by Crippen LogP contribution is 2.20. The second kappa shape index (κ2) is 9.44. The second-order valence-electron chi connectivity index (χ2n) is 7.80. The lowest BCUT2D eigenvalue weighted by molar-refractivity contribution is -0.119. The maximum atomic E-state index is 13.1. The molecule has 6 nitrogen and oxygen atoms in total. The van der Waals surface area contributed by atoms with E-state index in [1.165, 1.54) is 22.9 Å². The molecule has 0 radical (unpaired) electrons. The van der Waals surface area contributed by atoms with Crippen LogP contribution >= 0.6 is 11.8 Å². The number of amides is 1. The summed E-state index contributed by atoms with van der Waals surface area (Å²) >= 11 is 1.25. The smallest absolute Gasteiger partial charge is 0.262 e. The van der Waals surface area contributed by atoms with Crippen LogP contribution in [0.2, 0.25) is 0 Å². The molecule has 4 rings (SSSR count). The van der Waals surface area contributed by atoms with Gasteiger partial charge in [-0.2, -0.15) is 0 Å². The average molecular weight is 448 g/mol. The maximum Gasteiger partial charge on any atom is 0.262 e. The van der Waals surface area contributed by atoms with E-state index >= 15 is 0 Å². The van der Waals surface area contributed by atoms with Gasteiger partial charge in [-0.15, -0.1) is 0 Å². The number of aromatic nitrogens is 2. The van der Waals surface area contributed by atoms with Gasteiger partial charge in [-0.05, 0) is 61.7 Å². The largest absolute Gasteiger partial charge is 0.467 e. The first kappa shape index (κ1) is 21.9. The Bertz CT molecular complexity index is 1310. The number of benzene rings is 2. The molecule has 32 heavy (non-hydrogen) atoms. The highest BCUT2D eigenvalue weighted by Gasteiger charge is 2.16. The molecule has 0 bridgehead atoms. The zero-order valence-corrected chi connectivity index (χ0v) is 19.1. The molecule has 0 spiro atoms. The van der Waals surface area contributed by atoms with Gasteiger partial charge in [-0.25, -0.2) is 4.98 Å². The van der Waals surface area contributed by atoms with E-state index in [4.69, 9.17) is 4.42 Å². The average Bonchev–Trinajstić information content (AvgIpc) is 3.29. The van der Waals surface area contributed by atoms with Crippen LogP contribution in [0.4, 0.5) is 0 Å². The van der Waals surface area contributed by atoms with Gasteiger partial charge >= 0.3 is 0 Å². The maximum absolute atomic E-state index is 13.1. The van der Waals surface area contributed by atoms with Crippen molar-refractivity contribution in [3.63, 3.8) is 0 Å². The van der Waals surface area contributed by atoms with E-state index in [2.05, 4.69) is 36.3 Å². The summed E-state index contributed by atoms with van der Waals surface area (Å²) in [5.74, 6) is 0.685. The molecule has 2 aromatic carbocycles. The van der Waals surface area contributed by atoms with Crippen molar-refractivity contribution in [1.29, 1.82) is 0 Å². The Kier molecular flexibility index (Phi) is 6.46. The van der Waals surface area contributed by atoms with Crippen LogP contribution in [0.3, 0.4) is 0 Å². The first-order valence-electron chi connectivity index (χ1n) is 10.4. The van der Waals surface area contributed by atoms with Crippen molar-refractivity contribution >= 4 is 28.6 Å². The van der Waals surface area contributed by atoms with Crippen LogP contribution in [0.5, 0.6) is 0 Å². The van der Waals surface area contributed by atoms with Crippen molar-refractivity contribution in [2.24, 2.45) is 0 Å². The van der Waals surface area contributed by atoms with Crippen molar-refractivity contribution in [1.82, 2.24) is 14.9 Å². The number of fused-ring (bicyclic) bond motifs is 1. The minimum Gasteiger partial charge on any atom is -0.467 e. The van der Waals surface area contributed by atoms with E-state index in [1.807, 2.05) is 31.2 Å². The first-order chi connectivity index (χ1) is 15.4. The fraction of sp³-hybridized carbons (Fsp3) is 0.240. The van der Waals surface area contributed by atoms with Crippen LogP contribution in [-0.4, -0.2) is 21.2 Å². The quantitative estimate of drug-likeness (QED) is 0.330. The van der Waals surface area contributed by atoms with Crippen LogP contribution in [0.15, 0.2) is 75.2 Å². The fourth-order valence-electron chi connectivity index (χ4n) is 3.49. The van der Waals surface area contributed by atoms with Gasteiger partial charge in [0.05, 0.1) is 35.5 Å². The van der Waals surface area contributed by atoms with Gasteiger partial charge in [0.25, 0.3) is 5.56 Å². The SMILES string of the molecule is Cc1ccc(C(C)NC(=O)CSc2nc3ccccc3c(=O)n2Cc2ccco2)cc1C. The van der Waals surface area contributed by atoms with E-state index in [-0.39, 0.29) is 29.8 Å². The molecule has 1 atom stereocenters. The summed E-state index contributed by atoms with van der Waals surface area (Å²) in [7, 11) is 0. The Morgan fingerprint density at radius 3 is 2.69 bits per heavy atom. The van der Waals surface area contributed by atoms with Crippen LogP contribution in [0.25, 0.3) is 10.9 Å². The summed E-state index contributed by atoms with van der Waals surface area (Å²) in [5.41, 5.74) is 3.93. The normalized spacial score (nSPS) is 12.1. The molecule has 0 aliphatic carbocycles. The van der Waals surface area contributed by atoms with Gasteiger partial charge in [0, 0.05) is 0 Å². The number of carbonyl (C=O) groups excluding carboxylic acids is 1. The number of rotatable bonds is 7. The van der Waals surface area contributed by atoms with Gasteiger partial charge in [-0.3, -0.25) is 14.2 Å². The number of nitrogens with zero attached hydrogens (tertiary/aromatic N) is 2. The number of para-hydroxylation sites is 1. The summed E-state index contributed by atoms with van der Waals surface area (Å²) in [6.45, 7) is 6.35. The fourth-order valence-corrected chi connectivity index (χ4v) is 4.30. The van der Waals surface area contributed by atoms with E-state index in [0.717, 1.165) is 5.56 Å². The molecule has 1 amide bonds. The van der Waals surface area contributed by atoms with Crippen molar-refractivity contribution in [3.8, 4) is 0 Å². The predicted octanol–water partition coefficient (Wildman–Crippen LogP) is 4.62. The summed E-state index contributed by atoms with van der Waals surface area (Å²) in [6, 6.07) is 16.9. The summed E-state index contributed by atoms with van der Waals surface area (Å²) in [6.07, 6.45) is 1.57. The minimum absolute atomic E-state index is 0.114. The topological polar surface area (TPSA) is 77.1 Å². The summed E-state index contributed by atoms with van der Waals surface area (Å²) in [5, 5.41) is 4.06. The molecular formula is C25H25N3O3S. The minimum atomic E-state index is -0.154. The van der Waals surface area contributed by atoms with Gasteiger partial charge in [0.1, 0.15) is 5.76 Å². The first-order valence-corrected chi connectivity index (χ1v) is 11.4. The Morgan fingerprint density at radius 1 is 1.12 bits per heavy atom. The number of aryl methyl sites for hydroxylation is 2. The lowest BCUT2D eigenvalue weighted by Crippen LogP contribution is -2.29. The molecule has 2 aromatic heterocycles. The number of hydrogen-bond acceptors (Lipinski definition) is 5. The van der Waals surface area contributed by atoms with Crippen LogP contribution in [-0.2, 0) is 11.3 Å². The molecule has 0 saturated heterocycles. The monoisotopic (exact) mass is 447 g/mol. The lowest BCUT2D eigenvalue weighted by Gasteiger charge is -2.16. The Labute approximate surface area is 190 Å². The molecule has 0 aliphatic heterocycles. The van der Waals surface area contributed by atoms with Gasteiger partial charge in [0.15, 0.2) is 5.16 Å². The lowest BCUT2D eigenvalue weighted by atomic mass is 10.0. The van der Waals surface area contributed by atoms with E-state index in [1.54, 1.807) is 29.0 Å². The van der Waals surface area contributed by atoms with Crippen molar-refractivity contribution in [3.05, 3.63) is 93.7 Å². The predicted molar refractivity (Wildman–Crippen MR) is 127 cm³/mol. The third-order valence-electron chi connectivity index (χ3n) is 5.46. The molecular weight excluding hydrogens is 422 g/mol. The van der Waals surface area contributed by atoms with Gasteiger partial charge < -0.3 is 9.73 Å². The van der Waals surface area contributed by atoms with E-state index in [9.17, 15) is 9.59 Å². The molecule has 2 heterocycles. The molecule has 0 aliphatic rings. The molecule has 0 fully saturated rings. The third-order valence-corrected chi connectivity index (χ3v) is 6.44. The summed E-state index contributed by atoms with van der Waals surface area (Å²) in [4.78, 5) is 30.4. The van der Waals surface area contributed by atoms with Crippen LogP contribution in [0, 0.1) is 13.8 Å². The number of nitrogens with one attached hydrogen (secondary N) is 1. The van der Waals surface area contributed by atoms with Gasteiger partial charge in [0.2, 0.25) is 5.91 Å². The molecule has 7 heteroatoms. The zero-order valence-electron chi connectivity index (χ0n) is 18.3. The van der Waals surface area contributed by atoms with Crippen molar-refractivity contribution in [2.45, 2.75) is 38.5 Å². The molecule has 164 valence electrons. The summed E-state index contributed by atoms with van der Waals surface area (Å²) < 4.78 is 6.99. The third kappa shape index (κ3) is 4.78. The van der Waals surface area contributed by atoms with Crippen LogP contribution < -0.4 is 10.9 Å². The molecule has 1 unspecified atom stereocenters. The van der Waals surface area contributed by atoms with Gasteiger partial charge in [-0.1, -0.05) is 42.1 Å². The Morgan fingerprint density at radius 2 is 1.94 bits per heavy atom. The molecule has 0 saturated carbocycles. The highest BCUT2D eigenvalue weighted by atomic mass is 32.2. The number of carbonyl (C=O) groups is 1. The highest BCUT2D eigenvalue weighted by molar-refractivity contribution is 7.99. The van der Waals surface area contributed by atoms with E-state index in [0.29, 0.717) is 21.8 Å². The molecule has 1 N–H and O–H groups in total. The van der Waals surface area contributed by atoms with E-state index < -0.39 is 0 Å². The van der Waals surface area contributed by atoms with Crippen molar-refractivity contribution in [2.75, 3.05) is 5.75 Å². The number of thioether (sulfide) groups is 1.